The van der Waals surface area contributed by atoms with Crippen molar-refractivity contribution in [3.8, 4) is 0 Å². The first-order valence-electron chi connectivity index (χ1n) is 12.8. The van der Waals surface area contributed by atoms with E-state index in [0.29, 0.717) is 55.6 Å². The predicted octanol–water partition coefficient (Wildman–Crippen LogP) is 2.33. The second kappa shape index (κ2) is 13.3. The fourth-order valence-corrected chi connectivity index (χ4v) is 3.90. The number of nitrogens with one attached hydrogen (secondary N) is 3. The second-order valence-corrected chi connectivity index (χ2v) is 9.25. The molecule has 11 nitrogen and oxygen atoms in total. The van der Waals surface area contributed by atoms with Crippen molar-refractivity contribution in [1.29, 1.82) is 10.8 Å². The smallest absolute Gasteiger partial charge is 0.289 e. The second-order valence-electron chi connectivity index (χ2n) is 9.25. The van der Waals surface area contributed by atoms with Crippen molar-refractivity contribution in [2.24, 2.45) is 27.4 Å². The van der Waals surface area contributed by atoms with Crippen LogP contribution in [0.15, 0.2) is 76.0 Å². The van der Waals surface area contributed by atoms with Gasteiger partial charge in [-0.25, -0.2) is 4.99 Å². The summed E-state index contributed by atoms with van der Waals surface area (Å²) in [5.74, 6) is 0.186. The van der Waals surface area contributed by atoms with Gasteiger partial charge in [-0.3, -0.25) is 20.6 Å². The summed E-state index contributed by atoms with van der Waals surface area (Å²) in [6.45, 7) is 2.49. The number of hydrogen-bond donors (Lipinski definition) is 5. The van der Waals surface area contributed by atoms with Gasteiger partial charge in [0.2, 0.25) is 11.8 Å². The van der Waals surface area contributed by atoms with E-state index in [4.69, 9.17) is 31.8 Å². The highest BCUT2D eigenvalue weighted by molar-refractivity contribution is 6.15. The van der Waals surface area contributed by atoms with Crippen molar-refractivity contribution in [3.05, 3.63) is 77.2 Å². The van der Waals surface area contributed by atoms with E-state index in [2.05, 4.69) is 15.3 Å². The molecule has 1 saturated heterocycles. The Kier molecular flexibility index (Phi) is 9.41. The maximum Gasteiger partial charge on any atom is 0.289 e. The van der Waals surface area contributed by atoms with Crippen LogP contribution in [0.25, 0.3) is 0 Å². The number of amidine groups is 2. The molecule has 7 N–H and O–H groups in total. The van der Waals surface area contributed by atoms with Crippen molar-refractivity contribution in [1.82, 2.24) is 4.90 Å². The van der Waals surface area contributed by atoms with E-state index in [1.807, 2.05) is 41.3 Å². The first-order valence-corrected chi connectivity index (χ1v) is 12.8. The summed E-state index contributed by atoms with van der Waals surface area (Å²) >= 11 is 0. The van der Waals surface area contributed by atoms with Crippen molar-refractivity contribution in [3.63, 3.8) is 0 Å². The van der Waals surface area contributed by atoms with Crippen LogP contribution in [0, 0.1) is 16.7 Å². The van der Waals surface area contributed by atoms with Gasteiger partial charge < -0.3 is 31.2 Å². The maximum atomic E-state index is 12.7. The lowest BCUT2D eigenvalue weighted by atomic mass is 10.0. The Hall–Kier alpha value is -4.51. The molecule has 2 aromatic carbocycles. The third-order valence-electron chi connectivity index (χ3n) is 6.25. The van der Waals surface area contributed by atoms with Gasteiger partial charge in [0, 0.05) is 37.0 Å². The molecule has 0 radical (unpaired) electrons. The normalized spacial score (nSPS) is 16.5. The van der Waals surface area contributed by atoms with Crippen molar-refractivity contribution in [2.45, 2.75) is 12.8 Å². The average Bonchev–Trinajstić information content (AvgIpc) is 3.79. The number of para-hydroxylation sites is 1. The summed E-state index contributed by atoms with van der Waals surface area (Å²) < 4.78 is 10.9. The van der Waals surface area contributed by atoms with E-state index in [9.17, 15) is 4.79 Å². The van der Waals surface area contributed by atoms with Crippen LogP contribution >= 0.6 is 0 Å². The molecule has 2 fully saturated rings. The summed E-state index contributed by atoms with van der Waals surface area (Å²) in [5, 5.41) is 20.0. The number of rotatable bonds is 10. The molecule has 1 aliphatic carbocycles. The van der Waals surface area contributed by atoms with E-state index in [-0.39, 0.29) is 30.0 Å². The number of nitrogens with two attached hydrogens (primary N) is 2. The monoisotopic (exact) mass is 530 g/mol. The predicted molar refractivity (Wildman–Crippen MR) is 152 cm³/mol. The molecule has 1 amide bonds. The molecule has 1 saturated carbocycles. The van der Waals surface area contributed by atoms with Crippen LogP contribution in [-0.2, 0) is 14.3 Å². The van der Waals surface area contributed by atoms with Gasteiger partial charge in [-0.2, -0.15) is 0 Å². The van der Waals surface area contributed by atoms with E-state index in [1.54, 1.807) is 24.4 Å². The Labute approximate surface area is 227 Å². The highest BCUT2D eigenvalue weighted by Crippen LogP contribution is 2.28. The molecule has 0 bridgehead atoms. The molecule has 0 aromatic heterocycles. The number of carbonyl (C=O) groups is 1. The van der Waals surface area contributed by atoms with Crippen LogP contribution in [0.1, 0.15) is 24.0 Å². The van der Waals surface area contributed by atoms with Crippen LogP contribution < -0.4 is 16.8 Å². The molecule has 1 heterocycles. The van der Waals surface area contributed by atoms with Gasteiger partial charge in [-0.1, -0.05) is 48.5 Å². The van der Waals surface area contributed by atoms with Crippen LogP contribution in [0.4, 0.5) is 5.69 Å². The van der Waals surface area contributed by atoms with E-state index >= 15 is 0 Å². The largest absolute Gasteiger partial charge is 0.409 e. The lowest BCUT2D eigenvalue weighted by Crippen LogP contribution is -2.42. The lowest BCUT2D eigenvalue weighted by Gasteiger charge is -2.29. The molecule has 2 aliphatic rings. The lowest BCUT2D eigenvalue weighted by molar-refractivity contribution is -0.114. The summed E-state index contributed by atoms with van der Waals surface area (Å²) in [6.07, 6.45) is 3.86. The van der Waals surface area contributed by atoms with Gasteiger partial charge in [-0.15, -0.1) is 0 Å². The summed E-state index contributed by atoms with van der Waals surface area (Å²) in [4.78, 5) is 22.9. The summed E-state index contributed by atoms with van der Waals surface area (Å²) in [7, 11) is 0. The molecular formula is C28H34N8O3. The molecule has 0 unspecified atom stereocenters. The van der Waals surface area contributed by atoms with E-state index in [0.717, 1.165) is 18.4 Å². The Morgan fingerprint density at radius 2 is 1.77 bits per heavy atom. The number of anilines is 1. The minimum atomic E-state index is -0.440. The molecule has 4 rings (SSSR count). The molecule has 2 aromatic rings. The number of amides is 1. The highest BCUT2D eigenvalue weighted by Gasteiger charge is 2.22. The first kappa shape index (κ1) is 27.5. The van der Waals surface area contributed by atoms with E-state index < -0.39 is 5.91 Å². The number of morpholine rings is 1. The zero-order valence-corrected chi connectivity index (χ0v) is 21.7. The first-order chi connectivity index (χ1) is 18.9. The standard InChI is InChI=1S/C28H34N8O3/c29-25(20-6-2-1-3-7-20)21-8-4-5-9-23(21)35-24(37)18-34-28(32)39-27(31)22(17-33-16-19-10-11-19)26(30)36-12-14-38-15-13-36/h1-9,17,19,29-30H,10-16,18,31H2,(H2,32,34)(H,35,37). The van der Waals surface area contributed by atoms with Crippen LogP contribution in [-0.4, -0.2) is 74.0 Å². The van der Waals surface area contributed by atoms with Crippen LogP contribution in [0.5, 0.6) is 0 Å². The average molecular weight is 531 g/mol. The minimum absolute atomic E-state index is 0.116. The van der Waals surface area contributed by atoms with E-state index in [1.165, 1.54) is 0 Å². The van der Waals surface area contributed by atoms with Crippen molar-refractivity contribution >= 4 is 35.4 Å². The third-order valence-corrected chi connectivity index (χ3v) is 6.25. The van der Waals surface area contributed by atoms with Gasteiger partial charge in [0.05, 0.1) is 30.2 Å². The summed E-state index contributed by atoms with van der Waals surface area (Å²) in [6, 6.07) is 16.0. The molecule has 11 heteroatoms. The number of nitrogens with zero attached hydrogens (tertiary/aromatic N) is 3. The number of hydrogen-bond acceptors (Lipinski definition) is 8. The van der Waals surface area contributed by atoms with Gasteiger partial charge in [0.15, 0.2) is 0 Å². The Bertz CT molecular complexity index is 1280. The highest BCUT2D eigenvalue weighted by atomic mass is 16.5. The number of benzene rings is 2. The van der Waals surface area contributed by atoms with Gasteiger partial charge in [0.25, 0.3) is 6.02 Å². The Morgan fingerprint density at radius 3 is 2.49 bits per heavy atom. The van der Waals surface area contributed by atoms with Crippen molar-refractivity contribution in [2.75, 3.05) is 44.7 Å². The topological polar surface area (TPSA) is 175 Å². The van der Waals surface area contributed by atoms with Gasteiger partial charge in [0.1, 0.15) is 12.4 Å². The molecule has 0 spiro atoms. The maximum absolute atomic E-state index is 12.7. The number of ether oxygens (including phenoxy) is 2. The molecule has 1 aliphatic heterocycles. The Balaban J connectivity index is 1.41. The quantitative estimate of drug-likeness (QED) is 0.179. The molecular weight excluding hydrogens is 496 g/mol. The van der Waals surface area contributed by atoms with Gasteiger partial charge in [-0.05, 0) is 24.8 Å². The molecule has 39 heavy (non-hydrogen) atoms. The zero-order chi connectivity index (χ0) is 27.6. The molecule has 0 atom stereocenters. The number of aliphatic imine (C=N–C) groups is 2. The van der Waals surface area contributed by atoms with Gasteiger partial charge >= 0.3 is 0 Å². The Morgan fingerprint density at radius 1 is 1.08 bits per heavy atom. The minimum Gasteiger partial charge on any atom is -0.409 e. The van der Waals surface area contributed by atoms with Crippen LogP contribution in [0.2, 0.25) is 0 Å². The SMILES string of the molecule is N=C(c1ccccc1)c1ccccc1NC(=O)CN=C(N)OC(N)=C(C=NCC1CC1)C(=N)N1CCOCC1. The fraction of sp³-hybridized carbons (Fsp3) is 0.321. The third kappa shape index (κ3) is 7.99. The number of carbonyl (C=O) groups excluding carboxylic acids is 1. The van der Waals surface area contributed by atoms with Crippen molar-refractivity contribution < 1.29 is 14.3 Å². The molecule has 204 valence electrons. The fourth-order valence-electron chi connectivity index (χ4n) is 3.90. The van der Waals surface area contributed by atoms with Crippen LogP contribution in [0.3, 0.4) is 0 Å². The zero-order valence-electron chi connectivity index (χ0n) is 21.7. The summed E-state index contributed by atoms with van der Waals surface area (Å²) in [5.41, 5.74) is 14.5.